The number of nitrogens with one attached hydrogen (secondary N) is 2. The first kappa shape index (κ1) is 26.8. The molecule has 0 atom stereocenters. The SMILES string of the molecule is COc1ccc(-c2nc(SCCC(=O)Nc3nc(-c4ccccc4Cl)cs3)[nH]c2-c2ccc(OC)cc2)cc1. The van der Waals surface area contributed by atoms with E-state index < -0.39 is 0 Å². The molecule has 0 aliphatic heterocycles. The van der Waals surface area contributed by atoms with E-state index in [9.17, 15) is 4.79 Å². The number of amides is 1. The van der Waals surface area contributed by atoms with Gasteiger partial charge in [0.1, 0.15) is 11.5 Å². The Morgan fingerprint density at radius 3 is 2.28 bits per heavy atom. The van der Waals surface area contributed by atoms with Crippen molar-refractivity contribution in [3.05, 3.63) is 83.2 Å². The van der Waals surface area contributed by atoms with Crippen molar-refractivity contribution in [3.63, 3.8) is 0 Å². The Morgan fingerprint density at radius 1 is 0.949 bits per heavy atom. The fourth-order valence-electron chi connectivity index (χ4n) is 3.89. The van der Waals surface area contributed by atoms with Gasteiger partial charge >= 0.3 is 0 Å². The van der Waals surface area contributed by atoms with Crippen LogP contribution in [-0.2, 0) is 4.79 Å². The van der Waals surface area contributed by atoms with E-state index in [1.54, 1.807) is 14.2 Å². The zero-order valence-corrected chi connectivity index (χ0v) is 23.6. The number of thioether (sulfide) groups is 1. The Bertz CT molecular complexity index is 1500. The summed E-state index contributed by atoms with van der Waals surface area (Å²) in [5.41, 5.74) is 5.24. The molecule has 2 heterocycles. The molecular weight excluding hydrogens is 552 g/mol. The second kappa shape index (κ2) is 12.4. The van der Waals surface area contributed by atoms with E-state index >= 15 is 0 Å². The summed E-state index contributed by atoms with van der Waals surface area (Å²) in [4.78, 5) is 25.4. The standard InChI is InChI=1S/C29H25ClN4O3S2/c1-36-20-11-7-18(8-12-20)26-27(19-9-13-21(37-2)14-10-19)34-29(33-26)38-16-15-25(35)32-28-31-24(17-39-28)22-5-3-4-6-23(22)30/h3-14,17H,15-16H2,1-2H3,(H,33,34)(H,31,32,35). The number of rotatable bonds is 10. The number of carbonyl (C=O) groups is 1. The Hall–Kier alpha value is -3.79. The van der Waals surface area contributed by atoms with Crippen LogP contribution in [0.5, 0.6) is 11.5 Å². The van der Waals surface area contributed by atoms with Gasteiger partial charge in [0.05, 0.1) is 31.3 Å². The molecule has 3 aromatic carbocycles. The highest BCUT2D eigenvalue weighted by atomic mass is 35.5. The number of aromatic nitrogens is 3. The normalized spacial score (nSPS) is 10.8. The summed E-state index contributed by atoms with van der Waals surface area (Å²) in [6.07, 6.45) is 0.308. The predicted molar refractivity (Wildman–Crippen MR) is 159 cm³/mol. The third-order valence-electron chi connectivity index (χ3n) is 5.89. The van der Waals surface area contributed by atoms with Crippen molar-refractivity contribution in [3.8, 4) is 45.3 Å². The number of thiazole rings is 1. The van der Waals surface area contributed by atoms with E-state index in [1.807, 2.05) is 78.2 Å². The Balaban J connectivity index is 1.26. The van der Waals surface area contributed by atoms with Crippen molar-refractivity contribution in [1.82, 2.24) is 15.0 Å². The molecule has 0 unspecified atom stereocenters. The summed E-state index contributed by atoms with van der Waals surface area (Å²) in [7, 11) is 3.29. The number of imidazole rings is 1. The molecule has 0 fully saturated rings. The van der Waals surface area contributed by atoms with Gasteiger partial charge in [-0.05, 0) is 54.6 Å². The molecule has 7 nitrogen and oxygen atoms in total. The lowest BCUT2D eigenvalue weighted by Gasteiger charge is -2.06. The number of ether oxygens (including phenoxy) is 2. The molecular formula is C29H25ClN4O3S2. The first-order chi connectivity index (χ1) is 19.0. The molecule has 0 spiro atoms. The highest BCUT2D eigenvalue weighted by Gasteiger charge is 2.16. The van der Waals surface area contributed by atoms with Crippen LogP contribution in [0.2, 0.25) is 5.02 Å². The highest BCUT2D eigenvalue weighted by Crippen LogP contribution is 2.35. The smallest absolute Gasteiger partial charge is 0.226 e. The minimum absolute atomic E-state index is 0.111. The van der Waals surface area contributed by atoms with Gasteiger partial charge in [-0.2, -0.15) is 0 Å². The van der Waals surface area contributed by atoms with Gasteiger partial charge in [-0.3, -0.25) is 4.79 Å². The molecule has 2 N–H and O–H groups in total. The van der Waals surface area contributed by atoms with Crippen LogP contribution >= 0.6 is 34.7 Å². The van der Waals surface area contributed by atoms with E-state index in [0.29, 0.717) is 22.3 Å². The van der Waals surface area contributed by atoms with Gasteiger partial charge in [0.25, 0.3) is 0 Å². The van der Waals surface area contributed by atoms with Crippen molar-refractivity contribution in [2.24, 2.45) is 0 Å². The van der Waals surface area contributed by atoms with Gasteiger partial charge in [0, 0.05) is 39.3 Å². The maximum absolute atomic E-state index is 12.6. The molecule has 0 saturated heterocycles. The zero-order valence-electron chi connectivity index (χ0n) is 21.2. The van der Waals surface area contributed by atoms with Crippen LogP contribution in [0.25, 0.3) is 33.8 Å². The molecule has 2 aromatic heterocycles. The number of hydrogen-bond acceptors (Lipinski definition) is 7. The number of anilines is 1. The Kier molecular flexibility index (Phi) is 8.51. The number of aromatic amines is 1. The average Bonchev–Trinajstić information content (AvgIpc) is 3.61. The Labute approximate surface area is 239 Å². The highest BCUT2D eigenvalue weighted by molar-refractivity contribution is 7.99. The molecule has 0 radical (unpaired) electrons. The molecule has 5 aromatic rings. The van der Waals surface area contributed by atoms with Crippen LogP contribution in [0, 0.1) is 0 Å². The van der Waals surface area contributed by atoms with Gasteiger partial charge < -0.3 is 19.8 Å². The fraction of sp³-hybridized carbons (Fsp3) is 0.138. The number of methoxy groups -OCH3 is 2. The van der Waals surface area contributed by atoms with Crippen LogP contribution in [0.1, 0.15) is 6.42 Å². The number of hydrogen-bond donors (Lipinski definition) is 2. The largest absolute Gasteiger partial charge is 0.497 e. The van der Waals surface area contributed by atoms with E-state index in [-0.39, 0.29) is 5.91 Å². The van der Waals surface area contributed by atoms with E-state index in [0.717, 1.165) is 50.4 Å². The molecule has 0 saturated carbocycles. The third-order valence-corrected chi connectivity index (χ3v) is 7.85. The van der Waals surface area contributed by atoms with Crippen molar-refractivity contribution in [2.75, 3.05) is 25.3 Å². The second-order valence-electron chi connectivity index (χ2n) is 8.39. The van der Waals surface area contributed by atoms with Gasteiger partial charge in [0.2, 0.25) is 5.91 Å². The van der Waals surface area contributed by atoms with E-state index in [4.69, 9.17) is 26.1 Å². The molecule has 198 valence electrons. The minimum Gasteiger partial charge on any atom is -0.497 e. The number of H-pyrrole nitrogens is 1. The molecule has 0 bridgehead atoms. The third kappa shape index (κ3) is 6.44. The van der Waals surface area contributed by atoms with Crippen molar-refractivity contribution >= 4 is 45.7 Å². The van der Waals surface area contributed by atoms with Crippen LogP contribution in [0.15, 0.2) is 83.3 Å². The summed E-state index contributed by atoms with van der Waals surface area (Å²) in [5, 5.41) is 6.67. The molecule has 0 aliphatic rings. The number of halogens is 1. The summed E-state index contributed by atoms with van der Waals surface area (Å²) in [6.45, 7) is 0. The van der Waals surface area contributed by atoms with Crippen molar-refractivity contribution in [1.29, 1.82) is 0 Å². The fourth-order valence-corrected chi connectivity index (χ4v) is 5.66. The first-order valence-corrected chi connectivity index (χ1v) is 14.3. The topological polar surface area (TPSA) is 89.1 Å². The van der Waals surface area contributed by atoms with Gasteiger partial charge in [-0.25, -0.2) is 9.97 Å². The van der Waals surface area contributed by atoms with Crippen LogP contribution in [0.4, 0.5) is 5.13 Å². The van der Waals surface area contributed by atoms with Gasteiger partial charge in [-0.1, -0.05) is 41.6 Å². The van der Waals surface area contributed by atoms with E-state index in [1.165, 1.54) is 23.1 Å². The lowest BCUT2D eigenvalue weighted by atomic mass is 10.0. The summed E-state index contributed by atoms with van der Waals surface area (Å²) < 4.78 is 10.6. The maximum Gasteiger partial charge on any atom is 0.226 e. The Morgan fingerprint density at radius 2 is 1.62 bits per heavy atom. The monoisotopic (exact) mass is 576 g/mol. The molecule has 10 heteroatoms. The zero-order chi connectivity index (χ0) is 27.2. The lowest BCUT2D eigenvalue weighted by Crippen LogP contribution is -2.12. The summed E-state index contributed by atoms with van der Waals surface area (Å²) >= 11 is 9.14. The molecule has 0 aliphatic carbocycles. The molecule has 5 rings (SSSR count). The number of nitrogens with zero attached hydrogens (tertiary/aromatic N) is 2. The summed E-state index contributed by atoms with van der Waals surface area (Å²) in [6, 6.07) is 23.1. The minimum atomic E-state index is -0.111. The van der Waals surface area contributed by atoms with Gasteiger partial charge in [0.15, 0.2) is 10.3 Å². The van der Waals surface area contributed by atoms with Crippen LogP contribution in [0.3, 0.4) is 0 Å². The molecule has 1 amide bonds. The molecule has 39 heavy (non-hydrogen) atoms. The maximum atomic E-state index is 12.6. The van der Waals surface area contributed by atoms with E-state index in [2.05, 4.69) is 15.3 Å². The number of benzene rings is 3. The van der Waals surface area contributed by atoms with Crippen LogP contribution < -0.4 is 14.8 Å². The van der Waals surface area contributed by atoms with Crippen LogP contribution in [-0.4, -0.2) is 40.8 Å². The number of carbonyl (C=O) groups excluding carboxylic acids is 1. The quantitative estimate of drug-likeness (QED) is 0.166. The summed E-state index contributed by atoms with van der Waals surface area (Å²) in [5.74, 6) is 2.00. The van der Waals surface area contributed by atoms with Gasteiger partial charge in [-0.15, -0.1) is 11.3 Å². The predicted octanol–water partition coefficient (Wildman–Crippen LogP) is 7.66. The second-order valence-corrected chi connectivity index (χ2v) is 10.7. The average molecular weight is 577 g/mol. The lowest BCUT2D eigenvalue weighted by molar-refractivity contribution is -0.115. The van der Waals surface area contributed by atoms with Crippen molar-refractivity contribution < 1.29 is 14.3 Å². The first-order valence-electron chi connectivity index (χ1n) is 12.1. The van der Waals surface area contributed by atoms with Crippen molar-refractivity contribution in [2.45, 2.75) is 11.6 Å².